The van der Waals surface area contributed by atoms with Crippen molar-refractivity contribution < 1.29 is 23.1 Å². The monoisotopic (exact) mass is 658 g/mol. The van der Waals surface area contributed by atoms with E-state index in [0.29, 0.717) is 61.6 Å². The highest BCUT2D eigenvalue weighted by molar-refractivity contribution is 7.89. The number of aromatic amines is 1. The van der Waals surface area contributed by atoms with E-state index in [4.69, 9.17) is 14.8 Å². The van der Waals surface area contributed by atoms with E-state index in [-0.39, 0.29) is 16.3 Å². The molecule has 46 heavy (non-hydrogen) atoms. The molecule has 0 radical (unpaired) electrons. The van der Waals surface area contributed by atoms with Crippen LogP contribution in [0.15, 0.2) is 40.0 Å². The average Bonchev–Trinajstić information content (AvgIpc) is 3.34. The van der Waals surface area contributed by atoms with E-state index in [9.17, 15) is 18.0 Å². The Labute approximate surface area is 272 Å². The number of piperazine rings is 1. The predicted octanol–water partition coefficient (Wildman–Crippen LogP) is 4.99. The molecule has 254 valence electrons. The maximum Gasteiger partial charge on any atom is 0.327 e. The molecule has 1 aliphatic rings. The van der Waals surface area contributed by atoms with Crippen LogP contribution in [0.4, 0.5) is 0 Å². The maximum atomic E-state index is 13.3. The summed E-state index contributed by atoms with van der Waals surface area (Å²) >= 11 is 0. The number of hydrogen-bond donors (Lipinski definition) is 2. The second kappa shape index (κ2) is 18.0. The number of nitrogens with one attached hydrogen (secondary N) is 1. The van der Waals surface area contributed by atoms with Gasteiger partial charge in [0.05, 0.1) is 22.8 Å². The fraction of sp³-hybridized carbons (Fsp3) is 0.576. The van der Waals surface area contributed by atoms with Crippen LogP contribution in [0.5, 0.6) is 5.75 Å². The van der Waals surface area contributed by atoms with Gasteiger partial charge in [-0.3, -0.25) is 9.48 Å². The van der Waals surface area contributed by atoms with Crippen LogP contribution in [0.3, 0.4) is 0 Å². The van der Waals surface area contributed by atoms with E-state index in [1.165, 1.54) is 47.2 Å². The van der Waals surface area contributed by atoms with Crippen LogP contribution in [0.1, 0.15) is 77.8 Å². The van der Waals surface area contributed by atoms with E-state index in [0.717, 1.165) is 25.0 Å². The number of sulfonamides is 1. The summed E-state index contributed by atoms with van der Waals surface area (Å²) in [4.78, 5) is 32.7. The Morgan fingerprint density at radius 3 is 2.37 bits per heavy atom. The first-order valence-electron chi connectivity index (χ1n) is 16.3. The molecule has 1 aliphatic heterocycles. The third-order valence-electron chi connectivity index (χ3n) is 7.84. The Balaban J connectivity index is 0.000000376. The first-order chi connectivity index (χ1) is 22.0. The zero-order chi connectivity index (χ0) is 33.7. The lowest BCUT2D eigenvalue weighted by atomic mass is 10.1. The normalized spacial score (nSPS) is 14.5. The number of likely N-dealkylation sites (N-methyl/N-ethyl adjacent to an activating group) is 1. The van der Waals surface area contributed by atoms with E-state index in [2.05, 4.69) is 21.9 Å². The molecule has 0 spiro atoms. The molecule has 3 heterocycles. The Morgan fingerprint density at radius 2 is 1.72 bits per heavy atom. The molecule has 2 aromatic heterocycles. The van der Waals surface area contributed by atoms with Crippen LogP contribution >= 0.6 is 0 Å². The number of fused-ring (bicyclic) bond motifs is 1. The topological polar surface area (TPSA) is 151 Å². The summed E-state index contributed by atoms with van der Waals surface area (Å²) in [5.74, 6) is -0.124. The highest BCUT2D eigenvalue weighted by Gasteiger charge is 2.29. The van der Waals surface area contributed by atoms with Crippen LogP contribution in [0, 0.1) is 0 Å². The van der Waals surface area contributed by atoms with Gasteiger partial charge in [-0.2, -0.15) is 9.40 Å². The molecule has 0 unspecified atom stereocenters. The molecule has 2 N–H and O–H groups in total. The second-order valence-corrected chi connectivity index (χ2v) is 13.5. The Hall–Kier alpha value is -3.55. The number of aromatic nitrogens is 4. The highest BCUT2D eigenvalue weighted by atomic mass is 32.2. The van der Waals surface area contributed by atoms with E-state index < -0.39 is 16.0 Å². The fourth-order valence-corrected chi connectivity index (χ4v) is 6.77. The molecule has 13 heteroatoms. The molecule has 12 nitrogen and oxygen atoms in total. The molecule has 1 fully saturated rings. The summed E-state index contributed by atoms with van der Waals surface area (Å²) < 4.78 is 35.4. The van der Waals surface area contributed by atoms with E-state index in [1.807, 2.05) is 20.9 Å². The minimum absolute atomic E-state index is 0.147. The number of nitrogens with zero attached hydrogens (tertiary/aromatic N) is 5. The van der Waals surface area contributed by atoms with Crippen LogP contribution < -0.4 is 10.3 Å². The quantitative estimate of drug-likeness (QED) is 0.170. The van der Waals surface area contributed by atoms with Crippen LogP contribution in [0.2, 0.25) is 0 Å². The Morgan fingerprint density at radius 1 is 1.02 bits per heavy atom. The van der Waals surface area contributed by atoms with Gasteiger partial charge in [0.2, 0.25) is 10.0 Å². The minimum atomic E-state index is -3.70. The number of aryl methyl sites for hydroxylation is 2. The van der Waals surface area contributed by atoms with Crippen molar-refractivity contribution in [3.63, 3.8) is 0 Å². The standard InChI is InChI=1S/C22H30N6O4S.C11H20O2/c1-5-7-17-19-20(27(4)25-17)22(29)24-21(23-19)16-14-15(8-9-18(16)32-6-2)33(30,31)28-12-10-26(3)11-13-28;1-2-3-4-5-6-7-8-9-10-11(12)13/h8-9,14H,5-7,10-13H2,1-4H3,(H,23,24,29);9-10H,2-8H2,1H3,(H,12,13). The number of rotatable bonds is 15. The molecule has 4 rings (SSSR count). The van der Waals surface area contributed by atoms with Crippen molar-refractivity contribution >= 4 is 27.0 Å². The Kier molecular flexibility index (Phi) is 14.4. The summed E-state index contributed by atoms with van der Waals surface area (Å²) in [5.41, 5.74) is 1.75. The van der Waals surface area contributed by atoms with Gasteiger partial charge in [-0.15, -0.1) is 0 Å². The van der Waals surface area contributed by atoms with Gasteiger partial charge in [0.25, 0.3) is 5.56 Å². The smallest absolute Gasteiger partial charge is 0.327 e. The molecule has 0 bridgehead atoms. The van der Waals surface area contributed by atoms with Crippen molar-refractivity contribution in [1.29, 1.82) is 0 Å². The lowest BCUT2D eigenvalue weighted by molar-refractivity contribution is -0.131. The molecule has 0 saturated carbocycles. The largest absolute Gasteiger partial charge is 0.493 e. The fourth-order valence-electron chi connectivity index (χ4n) is 5.32. The molecule has 0 aliphatic carbocycles. The predicted molar refractivity (Wildman–Crippen MR) is 181 cm³/mol. The van der Waals surface area contributed by atoms with Gasteiger partial charge in [-0.05, 0) is 51.4 Å². The van der Waals surface area contributed by atoms with Crippen LogP contribution in [0.25, 0.3) is 22.4 Å². The number of carboxylic acid groups (broad SMARTS) is 1. The molecule has 1 saturated heterocycles. The zero-order valence-corrected chi connectivity index (χ0v) is 28.7. The van der Waals surface area contributed by atoms with Crippen molar-refractivity contribution in [3.8, 4) is 17.1 Å². The van der Waals surface area contributed by atoms with Crippen LogP contribution in [-0.2, 0) is 28.3 Å². The minimum Gasteiger partial charge on any atom is -0.493 e. The lowest BCUT2D eigenvalue weighted by Crippen LogP contribution is -2.47. The first-order valence-corrected chi connectivity index (χ1v) is 17.8. The van der Waals surface area contributed by atoms with Crippen molar-refractivity contribution in [3.05, 3.63) is 46.4 Å². The second-order valence-electron chi connectivity index (χ2n) is 11.5. The summed E-state index contributed by atoms with van der Waals surface area (Å²) in [7, 11) is -0.00831. The highest BCUT2D eigenvalue weighted by Crippen LogP contribution is 2.32. The lowest BCUT2D eigenvalue weighted by Gasteiger charge is -2.31. The molecule has 3 aromatic rings. The molecule has 0 amide bonds. The van der Waals surface area contributed by atoms with Crippen molar-refractivity contribution in [1.82, 2.24) is 29.0 Å². The van der Waals surface area contributed by atoms with Gasteiger partial charge in [-0.25, -0.2) is 18.2 Å². The van der Waals surface area contributed by atoms with E-state index in [1.54, 1.807) is 31.3 Å². The summed E-state index contributed by atoms with van der Waals surface area (Å²) in [6.45, 7) is 8.68. The third-order valence-corrected chi connectivity index (χ3v) is 9.73. The number of carbonyl (C=O) groups is 1. The molecule has 1 aromatic carbocycles. The van der Waals surface area contributed by atoms with Gasteiger partial charge in [0, 0.05) is 39.3 Å². The number of benzene rings is 1. The number of unbranched alkanes of at least 4 members (excludes halogenated alkanes) is 6. The van der Waals surface area contributed by atoms with Gasteiger partial charge in [-0.1, -0.05) is 58.4 Å². The number of aliphatic carboxylic acids is 1. The van der Waals surface area contributed by atoms with E-state index >= 15 is 0 Å². The molecular weight excluding hydrogens is 608 g/mol. The number of ether oxygens (including phenoxy) is 1. The first kappa shape index (κ1) is 36.9. The zero-order valence-electron chi connectivity index (χ0n) is 27.9. The van der Waals surface area contributed by atoms with Crippen molar-refractivity contribution in [2.75, 3.05) is 39.8 Å². The number of H-pyrrole nitrogens is 1. The van der Waals surface area contributed by atoms with Crippen molar-refractivity contribution in [2.45, 2.75) is 83.5 Å². The number of carboxylic acids is 1. The van der Waals surface area contributed by atoms with Gasteiger partial charge < -0.3 is 19.7 Å². The van der Waals surface area contributed by atoms with Gasteiger partial charge in [0.15, 0.2) is 5.52 Å². The summed E-state index contributed by atoms with van der Waals surface area (Å²) in [6.07, 6.45) is 13.0. The summed E-state index contributed by atoms with van der Waals surface area (Å²) in [6, 6.07) is 4.71. The number of allylic oxidation sites excluding steroid dienone is 1. The summed E-state index contributed by atoms with van der Waals surface area (Å²) in [5, 5.41) is 12.8. The number of hydrogen-bond acceptors (Lipinski definition) is 8. The molecular formula is C33H50N6O6S. The van der Waals surface area contributed by atoms with Gasteiger partial charge in [0.1, 0.15) is 17.1 Å². The van der Waals surface area contributed by atoms with Crippen molar-refractivity contribution in [2.24, 2.45) is 7.05 Å². The third kappa shape index (κ3) is 9.97. The average molecular weight is 659 g/mol. The molecule has 0 atom stereocenters. The van der Waals surface area contributed by atoms with Gasteiger partial charge >= 0.3 is 5.97 Å². The Bertz CT molecular complexity index is 1620. The van der Waals surface area contributed by atoms with Crippen LogP contribution in [-0.4, -0.2) is 88.3 Å². The SMILES string of the molecule is CCCCCCCCC=CC(=O)O.CCCc1nn(C)c2c(=O)[nH]c(-c3cc(S(=O)(=O)N4CCN(C)CC4)ccc3OCC)nc12. The maximum absolute atomic E-state index is 13.3.